The van der Waals surface area contributed by atoms with Crippen molar-refractivity contribution in [2.24, 2.45) is 10.9 Å². The van der Waals surface area contributed by atoms with Crippen molar-refractivity contribution in [2.75, 3.05) is 20.1 Å². The topological polar surface area (TPSA) is 67.1 Å². The minimum atomic E-state index is 0. The highest BCUT2D eigenvalue weighted by molar-refractivity contribution is 14.0. The Labute approximate surface area is 164 Å². The summed E-state index contributed by atoms with van der Waals surface area (Å²) in [6.07, 6.45) is 9.21. The van der Waals surface area contributed by atoms with Crippen LogP contribution in [0.3, 0.4) is 0 Å². The Hall–Kier alpha value is -0.860. The summed E-state index contributed by atoms with van der Waals surface area (Å²) in [6.45, 7) is 9.33. The van der Waals surface area contributed by atoms with E-state index in [9.17, 15) is 0 Å². The van der Waals surface area contributed by atoms with E-state index < -0.39 is 0 Å². The van der Waals surface area contributed by atoms with Gasteiger partial charge in [0.05, 0.1) is 0 Å². The molecule has 0 bridgehead atoms. The molecule has 1 heterocycles. The van der Waals surface area contributed by atoms with Gasteiger partial charge in [0.15, 0.2) is 5.96 Å². The molecule has 0 aromatic carbocycles. The van der Waals surface area contributed by atoms with Gasteiger partial charge in [-0.05, 0) is 12.3 Å². The van der Waals surface area contributed by atoms with E-state index in [2.05, 4.69) is 51.2 Å². The van der Waals surface area contributed by atoms with Crippen molar-refractivity contribution in [1.29, 1.82) is 0 Å². The lowest BCUT2D eigenvalue weighted by Crippen LogP contribution is -2.39. The van der Waals surface area contributed by atoms with Gasteiger partial charge in [-0.1, -0.05) is 46.5 Å². The number of nitrogens with one attached hydrogen (secondary N) is 2. The standard InChI is InChI=1S/C17H34N6.HI/c1-5-16-22-21-14-23(16)13-12-20-17(18-4)19-11-9-7-6-8-10-15(2)3;/h14-15H,5-13H2,1-4H3,(H2,18,19,20);1H. The minimum absolute atomic E-state index is 0. The molecule has 0 radical (unpaired) electrons. The van der Waals surface area contributed by atoms with E-state index in [-0.39, 0.29) is 24.0 Å². The first kappa shape index (κ1) is 23.1. The first-order valence-corrected chi connectivity index (χ1v) is 8.98. The quantitative estimate of drug-likeness (QED) is 0.235. The smallest absolute Gasteiger partial charge is 0.191 e. The molecule has 140 valence electrons. The van der Waals surface area contributed by atoms with Crippen LogP contribution in [0.25, 0.3) is 0 Å². The summed E-state index contributed by atoms with van der Waals surface area (Å²) in [5, 5.41) is 14.7. The van der Waals surface area contributed by atoms with E-state index in [1.165, 1.54) is 32.1 Å². The summed E-state index contributed by atoms with van der Waals surface area (Å²) >= 11 is 0. The summed E-state index contributed by atoms with van der Waals surface area (Å²) < 4.78 is 2.08. The van der Waals surface area contributed by atoms with Crippen molar-refractivity contribution in [3.05, 3.63) is 12.2 Å². The summed E-state index contributed by atoms with van der Waals surface area (Å²) in [5.41, 5.74) is 0. The zero-order valence-corrected chi connectivity index (χ0v) is 18.0. The van der Waals surface area contributed by atoms with Gasteiger partial charge in [-0.25, -0.2) is 0 Å². The third kappa shape index (κ3) is 10.1. The second-order valence-electron chi connectivity index (χ2n) is 6.32. The van der Waals surface area contributed by atoms with E-state index in [4.69, 9.17) is 0 Å². The molecule has 0 aliphatic rings. The van der Waals surface area contributed by atoms with Crippen molar-refractivity contribution in [2.45, 2.75) is 65.8 Å². The lowest BCUT2D eigenvalue weighted by molar-refractivity contribution is 0.518. The highest BCUT2D eigenvalue weighted by Gasteiger charge is 2.02. The Balaban J connectivity index is 0.00000529. The second kappa shape index (κ2) is 14.5. The molecule has 0 aliphatic heterocycles. The molecule has 24 heavy (non-hydrogen) atoms. The molecule has 2 N–H and O–H groups in total. The number of hydrogen-bond donors (Lipinski definition) is 2. The molecular formula is C17H35IN6. The number of unbranched alkanes of at least 4 members (excludes halogenated alkanes) is 3. The molecule has 1 rings (SSSR count). The van der Waals surface area contributed by atoms with Crippen LogP contribution >= 0.6 is 24.0 Å². The fourth-order valence-electron chi connectivity index (χ4n) is 2.49. The molecule has 0 aliphatic carbocycles. The van der Waals surface area contributed by atoms with E-state index in [0.29, 0.717) is 0 Å². The molecule has 0 fully saturated rings. The number of rotatable bonds is 11. The molecule has 0 spiro atoms. The number of guanidine groups is 1. The number of nitrogens with zero attached hydrogens (tertiary/aromatic N) is 4. The van der Waals surface area contributed by atoms with Gasteiger partial charge in [-0.15, -0.1) is 34.2 Å². The number of aromatic nitrogens is 3. The van der Waals surface area contributed by atoms with Gasteiger partial charge >= 0.3 is 0 Å². The molecular weight excluding hydrogens is 415 g/mol. The minimum Gasteiger partial charge on any atom is -0.356 e. The van der Waals surface area contributed by atoms with Gasteiger partial charge < -0.3 is 15.2 Å². The fourth-order valence-corrected chi connectivity index (χ4v) is 2.49. The lowest BCUT2D eigenvalue weighted by Gasteiger charge is -2.12. The monoisotopic (exact) mass is 450 g/mol. The number of hydrogen-bond acceptors (Lipinski definition) is 3. The Morgan fingerprint density at radius 3 is 2.54 bits per heavy atom. The van der Waals surface area contributed by atoms with E-state index in [1.807, 2.05) is 7.05 Å². The molecule has 1 aromatic heterocycles. The second-order valence-corrected chi connectivity index (χ2v) is 6.32. The Kier molecular flexibility index (Phi) is 14.0. The van der Waals surface area contributed by atoms with E-state index in [1.54, 1.807) is 6.33 Å². The van der Waals surface area contributed by atoms with E-state index in [0.717, 1.165) is 43.8 Å². The van der Waals surface area contributed by atoms with Gasteiger partial charge in [0, 0.05) is 33.1 Å². The van der Waals surface area contributed by atoms with Crippen LogP contribution in [0.1, 0.15) is 58.7 Å². The van der Waals surface area contributed by atoms with Gasteiger partial charge in [0.1, 0.15) is 12.2 Å². The normalized spacial score (nSPS) is 11.5. The lowest BCUT2D eigenvalue weighted by atomic mass is 10.0. The maximum absolute atomic E-state index is 4.26. The van der Waals surface area contributed by atoms with Crippen LogP contribution in [0.2, 0.25) is 0 Å². The number of aliphatic imine (C=N–C) groups is 1. The predicted molar refractivity (Wildman–Crippen MR) is 112 cm³/mol. The van der Waals surface area contributed by atoms with Crippen molar-refractivity contribution >= 4 is 29.9 Å². The van der Waals surface area contributed by atoms with Crippen molar-refractivity contribution < 1.29 is 0 Å². The maximum atomic E-state index is 4.26. The zero-order valence-electron chi connectivity index (χ0n) is 15.7. The van der Waals surface area contributed by atoms with Crippen LogP contribution in [-0.4, -0.2) is 40.9 Å². The molecule has 6 nitrogen and oxygen atoms in total. The Bertz CT molecular complexity index is 444. The van der Waals surface area contributed by atoms with Crippen molar-refractivity contribution in [3.63, 3.8) is 0 Å². The van der Waals surface area contributed by atoms with Crippen LogP contribution in [0.5, 0.6) is 0 Å². The van der Waals surface area contributed by atoms with Crippen molar-refractivity contribution in [1.82, 2.24) is 25.4 Å². The molecule has 0 saturated carbocycles. The number of aryl methyl sites for hydroxylation is 1. The SMILES string of the molecule is CCc1nncn1CCNC(=NC)NCCCCCCC(C)C.I. The average molecular weight is 450 g/mol. The van der Waals surface area contributed by atoms with E-state index >= 15 is 0 Å². The van der Waals surface area contributed by atoms with Gasteiger partial charge in [-0.3, -0.25) is 4.99 Å². The summed E-state index contributed by atoms with van der Waals surface area (Å²) in [5.74, 6) is 2.73. The zero-order chi connectivity index (χ0) is 16.9. The fraction of sp³-hybridized carbons (Fsp3) is 0.824. The Morgan fingerprint density at radius 2 is 1.88 bits per heavy atom. The van der Waals surface area contributed by atoms with Crippen LogP contribution in [-0.2, 0) is 13.0 Å². The van der Waals surface area contributed by atoms with Crippen LogP contribution in [0, 0.1) is 5.92 Å². The summed E-state index contributed by atoms with van der Waals surface area (Å²) in [6, 6.07) is 0. The van der Waals surface area contributed by atoms with Crippen LogP contribution in [0.15, 0.2) is 11.3 Å². The average Bonchev–Trinajstić information content (AvgIpc) is 2.99. The highest BCUT2D eigenvalue weighted by Crippen LogP contribution is 2.08. The van der Waals surface area contributed by atoms with Gasteiger partial charge in [-0.2, -0.15) is 0 Å². The third-order valence-corrected chi connectivity index (χ3v) is 3.88. The van der Waals surface area contributed by atoms with Gasteiger partial charge in [0.2, 0.25) is 0 Å². The van der Waals surface area contributed by atoms with Crippen LogP contribution in [0.4, 0.5) is 0 Å². The molecule has 0 unspecified atom stereocenters. The molecule has 1 aromatic rings. The Morgan fingerprint density at radius 1 is 1.17 bits per heavy atom. The van der Waals surface area contributed by atoms with Gasteiger partial charge in [0.25, 0.3) is 0 Å². The molecule has 0 amide bonds. The highest BCUT2D eigenvalue weighted by atomic mass is 127. The summed E-state index contributed by atoms with van der Waals surface area (Å²) in [7, 11) is 1.81. The van der Waals surface area contributed by atoms with Crippen LogP contribution < -0.4 is 10.6 Å². The first-order valence-electron chi connectivity index (χ1n) is 8.98. The molecule has 0 atom stereocenters. The largest absolute Gasteiger partial charge is 0.356 e. The molecule has 0 saturated heterocycles. The predicted octanol–water partition coefficient (Wildman–Crippen LogP) is 3.23. The maximum Gasteiger partial charge on any atom is 0.191 e. The first-order chi connectivity index (χ1) is 11.2. The van der Waals surface area contributed by atoms with Crippen molar-refractivity contribution in [3.8, 4) is 0 Å². The summed E-state index contributed by atoms with van der Waals surface area (Å²) in [4.78, 5) is 4.26. The number of halogens is 1. The third-order valence-electron chi connectivity index (χ3n) is 3.88. The molecule has 7 heteroatoms.